The number of aromatic nitrogens is 1. The monoisotopic (exact) mass is 461 g/mol. The van der Waals surface area contributed by atoms with E-state index in [0.29, 0.717) is 17.5 Å². The van der Waals surface area contributed by atoms with Crippen LogP contribution < -0.4 is 4.74 Å². The van der Waals surface area contributed by atoms with Crippen molar-refractivity contribution >= 4 is 0 Å². The maximum atomic E-state index is 13.1. The third-order valence-corrected chi connectivity index (χ3v) is 6.98. The maximum Gasteiger partial charge on any atom is 0.133 e. The Morgan fingerprint density at radius 2 is 1.53 bits per heavy atom. The quantitative estimate of drug-likeness (QED) is 0.522. The Hall–Kier alpha value is -2.80. The average Bonchev–Trinajstić information content (AvgIpc) is 3.40. The summed E-state index contributed by atoms with van der Waals surface area (Å²) in [4.78, 5) is 9.51. The van der Waals surface area contributed by atoms with E-state index in [0.717, 1.165) is 48.4 Å². The predicted octanol–water partition coefficient (Wildman–Crippen LogP) is 5.54. The number of piperidine rings is 1. The lowest BCUT2D eigenvalue weighted by Gasteiger charge is -2.38. The fraction of sp³-hybridized carbons (Fsp3) is 0.393. The number of aryl methyl sites for hydroxylation is 1. The molecule has 6 heteroatoms. The lowest BCUT2D eigenvalue weighted by Crippen LogP contribution is -2.45. The van der Waals surface area contributed by atoms with Gasteiger partial charge in [0.1, 0.15) is 23.5 Å². The van der Waals surface area contributed by atoms with Crippen LogP contribution in [0.25, 0.3) is 11.3 Å². The van der Waals surface area contributed by atoms with Crippen molar-refractivity contribution in [2.24, 2.45) is 0 Å². The number of pyridine rings is 1. The Morgan fingerprint density at radius 3 is 2.18 bits per heavy atom. The van der Waals surface area contributed by atoms with E-state index in [4.69, 9.17) is 9.72 Å². The van der Waals surface area contributed by atoms with E-state index in [1.807, 2.05) is 43.3 Å². The molecule has 2 aliphatic heterocycles. The van der Waals surface area contributed by atoms with Gasteiger partial charge in [-0.25, -0.2) is 4.39 Å². The van der Waals surface area contributed by atoms with Gasteiger partial charge in [0.25, 0.3) is 0 Å². The summed E-state index contributed by atoms with van der Waals surface area (Å²) in [5.74, 6) is 0.966. The van der Waals surface area contributed by atoms with Crippen LogP contribution in [0.15, 0.2) is 60.7 Å². The summed E-state index contributed by atoms with van der Waals surface area (Å²) in [5.41, 5.74) is 3.55. The summed E-state index contributed by atoms with van der Waals surface area (Å²) in [6.45, 7) is 6.25. The van der Waals surface area contributed by atoms with Crippen LogP contribution in [0.1, 0.15) is 43.2 Å². The molecule has 0 amide bonds. The van der Waals surface area contributed by atoms with Crippen molar-refractivity contribution in [2.45, 2.75) is 44.9 Å². The molecule has 0 bridgehead atoms. The number of benzene rings is 2. The molecule has 1 unspecified atom stereocenters. The van der Waals surface area contributed by atoms with Crippen LogP contribution in [0.3, 0.4) is 0 Å². The normalized spacial score (nSPS) is 18.8. The topological polar surface area (TPSA) is 48.8 Å². The summed E-state index contributed by atoms with van der Waals surface area (Å²) in [5, 5.41) is 11.2. The molecule has 0 saturated carbocycles. The summed E-state index contributed by atoms with van der Waals surface area (Å²) in [6.07, 6.45) is 4.25. The van der Waals surface area contributed by atoms with Crippen LogP contribution in [0.5, 0.6) is 11.5 Å². The van der Waals surface area contributed by atoms with Crippen molar-refractivity contribution in [3.8, 4) is 22.8 Å². The van der Waals surface area contributed by atoms with E-state index in [1.165, 1.54) is 38.1 Å². The van der Waals surface area contributed by atoms with E-state index in [9.17, 15) is 9.50 Å². The number of likely N-dealkylation sites (tertiary alicyclic amines) is 2. The van der Waals surface area contributed by atoms with Crippen LogP contribution in [0, 0.1) is 12.7 Å². The molecule has 3 aromatic rings. The largest absolute Gasteiger partial charge is 0.457 e. The Kier molecular flexibility index (Phi) is 6.90. The molecular formula is C28H32FN3O2. The van der Waals surface area contributed by atoms with Crippen LogP contribution in [0.4, 0.5) is 4.39 Å². The molecule has 0 spiro atoms. The van der Waals surface area contributed by atoms with Crippen molar-refractivity contribution < 1.29 is 14.2 Å². The van der Waals surface area contributed by atoms with Gasteiger partial charge in [0, 0.05) is 30.4 Å². The molecule has 178 valence electrons. The average molecular weight is 462 g/mol. The Morgan fingerprint density at radius 1 is 0.912 bits per heavy atom. The maximum absolute atomic E-state index is 13.1. The molecule has 34 heavy (non-hydrogen) atoms. The Balaban J connectivity index is 1.26. The molecule has 3 heterocycles. The molecule has 1 aromatic heterocycles. The SMILES string of the molecule is Cc1cc(C(O)N2CCC(N3CCCC3)CC2)cc(-c2ccc(Oc3ccc(F)cc3)cc2)n1. The molecule has 0 aliphatic carbocycles. The van der Waals surface area contributed by atoms with Crippen LogP contribution in [-0.4, -0.2) is 52.1 Å². The second-order valence-corrected chi connectivity index (χ2v) is 9.39. The molecule has 2 aromatic carbocycles. The van der Waals surface area contributed by atoms with Gasteiger partial charge in [0.15, 0.2) is 0 Å². The third-order valence-electron chi connectivity index (χ3n) is 6.98. The zero-order valence-corrected chi connectivity index (χ0v) is 19.7. The molecule has 1 atom stereocenters. The van der Waals surface area contributed by atoms with Gasteiger partial charge in [-0.2, -0.15) is 0 Å². The smallest absolute Gasteiger partial charge is 0.133 e. The summed E-state index contributed by atoms with van der Waals surface area (Å²) >= 11 is 0. The minimum atomic E-state index is -0.624. The van der Waals surface area contributed by atoms with Crippen molar-refractivity contribution in [3.05, 3.63) is 77.7 Å². The number of halogens is 1. The first-order valence-corrected chi connectivity index (χ1v) is 12.2. The zero-order chi connectivity index (χ0) is 23.5. The minimum Gasteiger partial charge on any atom is -0.457 e. The summed E-state index contributed by atoms with van der Waals surface area (Å²) < 4.78 is 18.9. The summed E-state index contributed by atoms with van der Waals surface area (Å²) in [6, 6.07) is 18.3. The standard InChI is InChI=1S/C28H32FN3O2/c1-20-18-22(28(33)32-16-12-24(13-17-32)31-14-2-3-15-31)19-27(30-20)21-4-8-25(9-5-21)34-26-10-6-23(29)7-11-26/h4-11,18-19,24,28,33H,2-3,12-17H2,1H3. The molecule has 2 fully saturated rings. The van der Waals surface area contributed by atoms with E-state index >= 15 is 0 Å². The molecule has 5 nitrogen and oxygen atoms in total. The van der Waals surface area contributed by atoms with E-state index in [1.54, 1.807) is 12.1 Å². The van der Waals surface area contributed by atoms with Gasteiger partial charge < -0.3 is 14.7 Å². The van der Waals surface area contributed by atoms with Gasteiger partial charge in [-0.15, -0.1) is 0 Å². The fourth-order valence-corrected chi connectivity index (χ4v) is 5.14. The predicted molar refractivity (Wildman–Crippen MR) is 131 cm³/mol. The molecule has 5 rings (SSSR count). The highest BCUT2D eigenvalue weighted by Crippen LogP contribution is 2.30. The van der Waals surface area contributed by atoms with E-state index in [2.05, 4.69) is 9.80 Å². The lowest BCUT2D eigenvalue weighted by atomic mass is 10.0. The first-order chi connectivity index (χ1) is 16.5. The van der Waals surface area contributed by atoms with Gasteiger partial charge in [-0.05, 0) is 112 Å². The molecule has 0 radical (unpaired) electrons. The van der Waals surface area contributed by atoms with Crippen LogP contribution >= 0.6 is 0 Å². The van der Waals surface area contributed by atoms with E-state index < -0.39 is 6.23 Å². The number of hydrogen-bond donors (Lipinski definition) is 1. The Bertz CT molecular complexity index is 1090. The lowest BCUT2D eigenvalue weighted by molar-refractivity contribution is -0.0245. The molecule has 2 aliphatic rings. The van der Waals surface area contributed by atoms with Crippen molar-refractivity contribution in [3.63, 3.8) is 0 Å². The molecular weight excluding hydrogens is 429 g/mol. The highest BCUT2D eigenvalue weighted by atomic mass is 19.1. The number of ether oxygens (including phenoxy) is 1. The number of hydrogen-bond acceptors (Lipinski definition) is 5. The first-order valence-electron chi connectivity index (χ1n) is 12.2. The Labute approximate surface area is 200 Å². The first kappa shape index (κ1) is 23.0. The van der Waals surface area contributed by atoms with Gasteiger partial charge in [-0.1, -0.05) is 0 Å². The number of aliphatic hydroxyl groups is 1. The molecule has 1 N–H and O–H groups in total. The van der Waals surface area contributed by atoms with Crippen LogP contribution in [0.2, 0.25) is 0 Å². The van der Waals surface area contributed by atoms with Gasteiger partial charge in [0.05, 0.1) is 5.69 Å². The van der Waals surface area contributed by atoms with Crippen molar-refractivity contribution in [1.29, 1.82) is 0 Å². The number of aliphatic hydroxyl groups excluding tert-OH is 1. The van der Waals surface area contributed by atoms with E-state index in [-0.39, 0.29) is 5.82 Å². The second-order valence-electron chi connectivity index (χ2n) is 9.39. The highest BCUT2D eigenvalue weighted by molar-refractivity contribution is 5.61. The fourth-order valence-electron chi connectivity index (χ4n) is 5.14. The third kappa shape index (κ3) is 5.30. The highest BCUT2D eigenvalue weighted by Gasteiger charge is 2.29. The zero-order valence-electron chi connectivity index (χ0n) is 19.7. The van der Waals surface area contributed by atoms with Gasteiger partial charge in [-0.3, -0.25) is 9.88 Å². The molecule has 2 saturated heterocycles. The minimum absolute atomic E-state index is 0.290. The van der Waals surface area contributed by atoms with Gasteiger partial charge in [0.2, 0.25) is 0 Å². The van der Waals surface area contributed by atoms with Gasteiger partial charge >= 0.3 is 0 Å². The number of rotatable bonds is 6. The number of nitrogens with zero attached hydrogens (tertiary/aromatic N) is 3. The van der Waals surface area contributed by atoms with Crippen molar-refractivity contribution in [1.82, 2.24) is 14.8 Å². The second kappa shape index (κ2) is 10.2. The summed E-state index contributed by atoms with van der Waals surface area (Å²) in [7, 11) is 0. The van der Waals surface area contributed by atoms with Crippen LogP contribution in [-0.2, 0) is 0 Å². The van der Waals surface area contributed by atoms with Crippen molar-refractivity contribution in [2.75, 3.05) is 26.2 Å².